The summed E-state index contributed by atoms with van der Waals surface area (Å²) in [5.41, 5.74) is 2.01. The lowest BCUT2D eigenvalue weighted by molar-refractivity contribution is 0.0779. The van der Waals surface area contributed by atoms with Crippen LogP contribution in [0.1, 0.15) is 21.5 Å². The molecule has 0 spiro atoms. The zero-order valence-corrected chi connectivity index (χ0v) is 14.3. The third-order valence-electron chi connectivity index (χ3n) is 3.35. The highest BCUT2D eigenvalue weighted by molar-refractivity contribution is 9.10. The molecular weight excluding hydrogens is 349 g/mol. The second-order valence-electron chi connectivity index (χ2n) is 5.10. The lowest BCUT2D eigenvalue weighted by Crippen LogP contribution is -2.27. The summed E-state index contributed by atoms with van der Waals surface area (Å²) in [6.07, 6.45) is 0. The summed E-state index contributed by atoms with van der Waals surface area (Å²) in [5, 5.41) is 0. The molecular formula is C17H17BrFNO2. The molecule has 0 N–H and O–H groups in total. The molecule has 2 aromatic carbocycles. The Morgan fingerprint density at radius 3 is 2.64 bits per heavy atom. The van der Waals surface area contributed by atoms with Crippen molar-refractivity contribution in [1.29, 1.82) is 0 Å². The zero-order valence-electron chi connectivity index (χ0n) is 12.7. The number of carbonyl (C=O) groups is 1. The van der Waals surface area contributed by atoms with Crippen LogP contribution in [0.3, 0.4) is 0 Å². The first-order valence-electron chi connectivity index (χ1n) is 6.76. The Balaban J connectivity index is 2.23. The maximum Gasteiger partial charge on any atom is 0.256 e. The number of hydrogen-bond donors (Lipinski definition) is 0. The van der Waals surface area contributed by atoms with E-state index >= 15 is 0 Å². The Labute approximate surface area is 137 Å². The summed E-state index contributed by atoms with van der Waals surface area (Å²) < 4.78 is 19.8. The van der Waals surface area contributed by atoms with Crippen molar-refractivity contribution >= 4 is 21.8 Å². The molecule has 22 heavy (non-hydrogen) atoms. The van der Waals surface area contributed by atoms with Gasteiger partial charge in [-0.3, -0.25) is 4.79 Å². The third-order valence-corrected chi connectivity index (χ3v) is 3.84. The molecule has 0 saturated heterocycles. The maximum atomic E-state index is 13.9. The van der Waals surface area contributed by atoms with Crippen LogP contribution < -0.4 is 4.74 Å². The van der Waals surface area contributed by atoms with E-state index in [9.17, 15) is 9.18 Å². The first-order chi connectivity index (χ1) is 10.4. The van der Waals surface area contributed by atoms with E-state index in [-0.39, 0.29) is 11.5 Å². The van der Waals surface area contributed by atoms with Crippen LogP contribution in [-0.4, -0.2) is 25.0 Å². The summed E-state index contributed by atoms with van der Waals surface area (Å²) in [6.45, 7) is 2.32. The molecule has 0 saturated carbocycles. The van der Waals surface area contributed by atoms with E-state index in [1.807, 2.05) is 25.1 Å². The lowest BCUT2D eigenvalue weighted by atomic mass is 10.1. The molecule has 0 aliphatic rings. The van der Waals surface area contributed by atoms with Crippen LogP contribution in [0.25, 0.3) is 0 Å². The van der Waals surface area contributed by atoms with E-state index in [4.69, 9.17) is 4.74 Å². The number of nitrogens with zero attached hydrogens (tertiary/aromatic N) is 1. The minimum Gasteiger partial charge on any atom is -0.496 e. The molecule has 2 rings (SSSR count). The summed E-state index contributed by atoms with van der Waals surface area (Å²) >= 11 is 3.18. The van der Waals surface area contributed by atoms with Gasteiger partial charge in [-0.2, -0.15) is 0 Å². The van der Waals surface area contributed by atoms with Gasteiger partial charge in [-0.25, -0.2) is 4.39 Å². The van der Waals surface area contributed by atoms with Crippen molar-refractivity contribution in [3.8, 4) is 5.75 Å². The average Bonchev–Trinajstić information content (AvgIpc) is 2.47. The topological polar surface area (TPSA) is 29.5 Å². The Kier molecular flexibility index (Phi) is 5.19. The summed E-state index contributed by atoms with van der Waals surface area (Å²) in [7, 11) is 3.23. The molecule has 116 valence electrons. The van der Waals surface area contributed by atoms with Crippen molar-refractivity contribution in [1.82, 2.24) is 4.90 Å². The van der Waals surface area contributed by atoms with Crippen LogP contribution in [0, 0.1) is 12.7 Å². The van der Waals surface area contributed by atoms with Crippen LogP contribution >= 0.6 is 15.9 Å². The Bertz CT molecular complexity index is 703. The van der Waals surface area contributed by atoms with Crippen LogP contribution in [0.4, 0.5) is 4.39 Å². The highest BCUT2D eigenvalue weighted by atomic mass is 79.9. The standard InChI is InChI=1S/C17H17BrFNO2/c1-11-4-7-16(22-3)12(8-11)10-20(2)17(21)14-6-5-13(18)9-15(14)19/h4-9H,10H2,1-3H3. The maximum absolute atomic E-state index is 13.9. The molecule has 0 aliphatic heterocycles. The molecule has 5 heteroatoms. The second-order valence-corrected chi connectivity index (χ2v) is 6.02. The normalized spacial score (nSPS) is 10.4. The summed E-state index contributed by atoms with van der Waals surface area (Å²) in [5.74, 6) is -0.197. The first-order valence-corrected chi connectivity index (χ1v) is 7.55. The summed E-state index contributed by atoms with van der Waals surface area (Å²) in [4.78, 5) is 13.9. The Morgan fingerprint density at radius 1 is 1.27 bits per heavy atom. The highest BCUT2D eigenvalue weighted by Gasteiger charge is 2.18. The average molecular weight is 366 g/mol. The Hall–Kier alpha value is -1.88. The van der Waals surface area contributed by atoms with Gasteiger partial charge in [0.2, 0.25) is 0 Å². The number of rotatable bonds is 4. The summed E-state index contributed by atoms with van der Waals surface area (Å²) in [6, 6.07) is 10.2. The number of hydrogen-bond acceptors (Lipinski definition) is 2. The monoisotopic (exact) mass is 365 g/mol. The van der Waals surface area contributed by atoms with Gasteiger partial charge in [0.1, 0.15) is 11.6 Å². The molecule has 0 aromatic heterocycles. The third kappa shape index (κ3) is 3.65. The van der Waals surface area contributed by atoms with Crippen molar-refractivity contribution in [2.75, 3.05) is 14.2 Å². The zero-order chi connectivity index (χ0) is 16.3. The van der Waals surface area contributed by atoms with Gasteiger partial charge in [-0.05, 0) is 31.2 Å². The smallest absolute Gasteiger partial charge is 0.256 e. The van der Waals surface area contributed by atoms with Gasteiger partial charge >= 0.3 is 0 Å². The number of halogens is 2. The van der Waals surface area contributed by atoms with E-state index in [0.29, 0.717) is 16.8 Å². The van der Waals surface area contributed by atoms with Crippen LogP contribution in [0.15, 0.2) is 40.9 Å². The van der Waals surface area contributed by atoms with Crippen molar-refractivity contribution < 1.29 is 13.9 Å². The quantitative estimate of drug-likeness (QED) is 0.813. The molecule has 0 unspecified atom stereocenters. The van der Waals surface area contributed by atoms with Gasteiger partial charge in [-0.15, -0.1) is 0 Å². The predicted octanol–water partition coefficient (Wildman–Crippen LogP) is 4.18. The number of carbonyl (C=O) groups excluding carboxylic acids is 1. The van der Waals surface area contributed by atoms with E-state index in [0.717, 1.165) is 11.1 Å². The fraction of sp³-hybridized carbons (Fsp3) is 0.235. The number of methoxy groups -OCH3 is 1. The van der Waals surface area contributed by atoms with Crippen molar-refractivity contribution in [2.24, 2.45) is 0 Å². The minimum atomic E-state index is -0.539. The van der Waals surface area contributed by atoms with Crippen molar-refractivity contribution in [3.05, 3.63) is 63.4 Å². The molecule has 0 aliphatic carbocycles. The van der Waals surface area contributed by atoms with Crippen molar-refractivity contribution in [3.63, 3.8) is 0 Å². The van der Waals surface area contributed by atoms with Crippen molar-refractivity contribution in [2.45, 2.75) is 13.5 Å². The number of ether oxygens (including phenoxy) is 1. The SMILES string of the molecule is COc1ccc(C)cc1CN(C)C(=O)c1ccc(Br)cc1F. The highest BCUT2D eigenvalue weighted by Crippen LogP contribution is 2.22. The van der Waals surface area contributed by atoms with E-state index in [1.54, 1.807) is 20.2 Å². The van der Waals surface area contributed by atoms with Gasteiger partial charge < -0.3 is 9.64 Å². The molecule has 0 fully saturated rings. The predicted molar refractivity (Wildman–Crippen MR) is 87.6 cm³/mol. The van der Waals surface area contributed by atoms with Crippen LogP contribution in [0.5, 0.6) is 5.75 Å². The van der Waals surface area contributed by atoms with Gasteiger partial charge in [0.05, 0.1) is 12.7 Å². The van der Waals surface area contributed by atoms with Crippen LogP contribution in [0.2, 0.25) is 0 Å². The fourth-order valence-corrected chi connectivity index (χ4v) is 2.56. The molecule has 0 bridgehead atoms. The number of benzene rings is 2. The van der Waals surface area contributed by atoms with Gasteiger partial charge in [-0.1, -0.05) is 33.6 Å². The largest absolute Gasteiger partial charge is 0.496 e. The fourth-order valence-electron chi connectivity index (χ4n) is 2.23. The minimum absolute atomic E-state index is 0.0531. The molecule has 1 amide bonds. The molecule has 0 heterocycles. The van der Waals surface area contributed by atoms with E-state index in [2.05, 4.69) is 15.9 Å². The molecule has 2 aromatic rings. The number of amides is 1. The van der Waals surface area contributed by atoms with Crippen LogP contribution in [-0.2, 0) is 6.54 Å². The van der Waals surface area contributed by atoms with E-state index in [1.165, 1.54) is 17.0 Å². The van der Waals surface area contributed by atoms with E-state index < -0.39 is 5.82 Å². The number of aryl methyl sites for hydroxylation is 1. The van der Waals surface area contributed by atoms with Gasteiger partial charge in [0.15, 0.2) is 0 Å². The lowest BCUT2D eigenvalue weighted by Gasteiger charge is -2.19. The molecule has 0 radical (unpaired) electrons. The first kappa shape index (κ1) is 16.5. The van der Waals surface area contributed by atoms with Gasteiger partial charge in [0.25, 0.3) is 5.91 Å². The molecule has 3 nitrogen and oxygen atoms in total. The molecule has 0 atom stereocenters. The van der Waals surface area contributed by atoms with Gasteiger partial charge in [0, 0.05) is 23.6 Å². The Morgan fingerprint density at radius 2 is 2.00 bits per heavy atom. The second kappa shape index (κ2) is 6.92.